The van der Waals surface area contributed by atoms with Crippen molar-refractivity contribution >= 4 is 23.2 Å². The molecule has 2 aromatic carbocycles. The van der Waals surface area contributed by atoms with E-state index in [0.29, 0.717) is 13.0 Å². The van der Waals surface area contributed by atoms with Gasteiger partial charge in [-0.25, -0.2) is 8.78 Å². The molecule has 4 rings (SSSR count). The molecule has 1 fully saturated rings. The predicted octanol–water partition coefficient (Wildman–Crippen LogP) is 3.52. The van der Waals surface area contributed by atoms with E-state index < -0.39 is 35.1 Å². The lowest BCUT2D eigenvalue weighted by molar-refractivity contribution is -0.123. The lowest BCUT2D eigenvalue weighted by Gasteiger charge is -2.29. The molecule has 2 unspecified atom stereocenters. The van der Waals surface area contributed by atoms with E-state index in [0.717, 1.165) is 36.2 Å². The molecule has 0 radical (unpaired) electrons. The molecule has 1 N–H and O–H groups in total. The molecule has 2 aliphatic rings. The van der Waals surface area contributed by atoms with E-state index in [4.69, 9.17) is 0 Å². The quantitative estimate of drug-likeness (QED) is 0.915. The first-order chi connectivity index (χ1) is 12.6. The molecule has 0 aromatic heterocycles. The summed E-state index contributed by atoms with van der Waals surface area (Å²) < 4.78 is 27.4. The lowest BCUT2D eigenvalue weighted by Crippen LogP contribution is -2.37. The van der Waals surface area contributed by atoms with Gasteiger partial charge >= 0.3 is 0 Å². The molecule has 134 valence electrons. The first-order valence-electron chi connectivity index (χ1n) is 8.70. The van der Waals surface area contributed by atoms with Gasteiger partial charge in [0.2, 0.25) is 11.8 Å². The Hall–Kier alpha value is -2.76. The highest BCUT2D eigenvalue weighted by Crippen LogP contribution is 2.43. The Labute approximate surface area is 149 Å². The van der Waals surface area contributed by atoms with Crippen molar-refractivity contribution in [3.63, 3.8) is 0 Å². The summed E-state index contributed by atoms with van der Waals surface area (Å²) in [5.74, 6) is -3.24. The number of nitrogens with one attached hydrogen (secondary N) is 1. The van der Waals surface area contributed by atoms with Crippen molar-refractivity contribution in [3.8, 4) is 0 Å². The molecule has 0 bridgehead atoms. The minimum absolute atomic E-state index is 0.0914. The van der Waals surface area contributed by atoms with Gasteiger partial charge in [-0.15, -0.1) is 0 Å². The van der Waals surface area contributed by atoms with Crippen LogP contribution in [0.1, 0.15) is 18.4 Å². The standard InChI is InChI=1S/C20H18F2N2O2/c21-15-7-3-8-16(22)18(15)23-19(25)13-11-14(13)20(26)24-10-4-6-12-5-1-2-9-17(12)24/h1-3,5,7-9,13-14H,4,6,10-11H2,(H,23,25). The van der Waals surface area contributed by atoms with E-state index in [9.17, 15) is 18.4 Å². The fourth-order valence-electron chi connectivity index (χ4n) is 3.55. The smallest absolute Gasteiger partial charge is 0.230 e. The molecule has 0 spiro atoms. The van der Waals surface area contributed by atoms with Gasteiger partial charge in [-0.05, 0) is 43.0 Å². The number of hydrogen-bond acceptors (Lipinski definition) is 2. The van der Waals surface area contributed by atoms with E-state index in [2.05, 4.69) is 5.32 Å². The van der Waals surface area contributed by atoms with Crippen molar-refractivity contribution in [2.24, 2.45) is 11.8 Å². The van der Waals surface area contributed by atoms with E-state index in [1.807, 2.05) is 24.3 Å². The van der Waals surface area contributed by atoms with Crippen LogP contribution in [0.5, 0.6) is 0 Å². The molecular weight excluding hydrogens is 338 g/mol. The summed E-state index contributed by atoms with van der Waals surface area (Å²) in [5.41, 5.74) is 1.57. The second-order valence-corrected chi connectivity index (χ2v) is 6.76. The molecule has 1 heterocycles. The molecule has 2 atom stereocenters. The summed E-state index contributed by atoms with van der Waals surface area (Å²) >= 11 is 0. The van der Waals surface area contributed by atoms with E-state index >= 15 is 0 Å². The van der Waals surface area contributed by atoms with E-state index in [1.54, 1.807) is 4.90 Å². The lowest BCUT2D eigenvalue weighted by atomic mass is 10.0. The van der Waals surface area contributed by atoms with Crippen LogP contribution < -0.4 is 10.2 Å². The van der Waals surface area contributed by atoms with E-state index in [-0.39, 0.29) is 5.91 Å². The Morgan fingerprint density at radius 1 is 1.00 bits per heavy atom. The molecule has 4 nitrogen and oxygen atoms in total. The Morgan fingerprint density at radius 2 is 1.73 bits per heavy atom. The van der Waals surface area contributed by atoms with Gasteiger partial charge in [0.15, 0.2) is 0 Å². The molecule has 6 heteroatoms. The van der Waals surface area contributed by atoms with Crippen LogP contribution in [0.25, 0.3) is 0 Å². The predicted molar refractivity (Wildman–Crippen MR) is 93.7 cm³/mol. The van der Waals surface area contributed by atoms with Crippen LogP contribution in [0.4, 0.5) is 20.2 Å². The van der Waals surface area contributed by atoms with Crippen molar-refractivity contribution < 1.29 is 18.4 Å². The minimum atomic E-state index is -0.827. The Bertz CT molecular complexity index is 864. The number of para-hydroxylation sites is 2. The first kappa shape index (κ1) is 16.7. The molecule has 0 saturated heterocycles. The fourth-order valence-corrected chi connectivity index (χ4v) is 3.55. The number of amides is 2. The molecule has 1 aliphatic carbocycles. The highest BCUT2D eigenvalue weighted by molar-refractivity contribution is 6.04. The number of anilines is 2. The van der Waals surface area contributed by atoms with Crippen LogP contribution in [-0.4, -0.2) is 18.4 Å². The maximum atomic E-state index is 13.7. The monoisotopic (exact) mass is 356 g/mol. The molecule has 26 heavy (non-hydrogen) atoms. The highest BCUT2D eigenvalue weighted by Gasteiger charge is 2.50. The number of hydrogen-bond donors (Lipinski definition) is 1. The summed E-state index contributed by atoms with van der Waals surface area (Å²) in [5, 5.41) is 2.29. The molecule has 2 amide bonds. The number of fused-ring (bicyclic) bond motifs is 1. The third-order valence-electron chi connectivity index (χ3n) is 5.03. The highest BCUT2D eigenvalue weighted by atomic mass is 19.1. The average molecular weight is 356 g/mol. The minimum Gasteiger partial charge on any atom is -0.321 e. The zero-order chi connectivity index (χ0) is 18.3. The van der Waals surface area contributed by atoms with Crippen LogP contribution in [0.2, 0.25) is 0 Å². The van der Waals surface area contributed by atoms with Gasteiger partial charge in [0.1, 0.15) is 17.3 Å². The summed E-state index contributed by atoms with van der Waals surface area (Å²) in [6, 6.07) is 11.2. The average Bonchev–Trinajstić information content (AvgIpc) is 3.44. The van der Waals surface area contributed by atoms with Gasteiger partial charge < -0.3 is 10.2 Å². The maximum absolute atomic E-state index is 13.7. The van der Waals surface area contributed by atoms with Crippen molar-refractivity contribution in [1.29, 1.82) is 0 Å². The zero-order valence-corrected chi connectivity index (χ0v) is 14.0. The van der Waals surface area contributed by atoms with Crippen molar-refractivity contribution in [3.05, 3.63) is 59.7 Å². The number of aryl methyl sites for hydroxylation is 1. The van der Waals surface area contributed by atoms with Crippen molar-refractivity contribution in [2.45, 2.75) is 19.3 Å². The van der Waals surface area contributed by atoms with Crippen LogP contribution in [-0.2, 0) is 16.0 Å². The molecular formula is C20H18F2N2O2. The first-order valence-corrected chi connectivity index (χ1v) is 8.70. The third kappa shape index (κ3) is 2.96. The van der Waals surface area contributed by atoms with Gasteiger partial charge in [0.25, 0.3) is 0 Å². The maximum Gasteiger partial charge on any atom is 0.230 e. The number of benzene rings is 2. The van der Waals surface area contributed by atoms with Crippen LogP contribution >= 0.6 is 0 Å². The number of carbonyl (C=O) groups is 2. The Balaban J connectivity index is 1.46. The molecule has 1 aliphatic heterocycles. The fraction of sp³-hybridized carbons (Fsp3) is 0.300. The van der Waals surface area contributed by atoms with Gasteiger partial charge in [0.05, 0.1) is 11.8 Å². The van der Waals surface area contributed by atoms with Crippen LogP contribution in [0.3, 0.4) is 0 Å². The topological polar surface area (TPSA) is 49.4 Å². The second kappa shape index (κ2) is 6.52. The SMILES string of the molecule is O=C(Nc1c(F)cccc1F)C1CC1C(=O)N1CCCc2ccccc21. The van der Waals surface area contributed by atoms with Crippen molar-refractivity contribution in [2.75, 3.05) is 16.8 Å². The normalized spacial score (nSPS) is 21.1. The summed E-state index contributed by atoms with van der Waals surface area (Å²) in [4.78, 5) is 26.9. The molecule has 2 aromatic rings. The zero-order valence-electron chi connectivity index (χ0n) is 14.0. The number of carbonyl (C=O) groups excluding carboxylic acids is 2. The second-order valence-electron chi connectivity index (χ2n) is 6.76. The van der Waals surface area contributed by atoms with Gasteiger partial charge in [-0.1, -0.05) is 24.3 Å². The van der Waals surface area contributed by atoms with Gasteiger partial charge in [-0.2, -0.15) is 0 Å². The number of nitrogens with zero attached hydrogens (tertiary/aromatic N) is 1. The summed E-state index contributed by atoms with van der Waals surface area (Å²) in [6.45, 7) is 0.628. The van der Waals surface area contributed by atoms with Crippen LogP contribution in [0, 0.1) is 23.5 Å². The number of rotatable bonds is 3. The Kier molecular flexibility index (Phi) is 4.18. The van der Waals surface area contributed by atoms with Gasteiger partial charge in [-0.3, -0.25) is 9.59 Å². The third-order valence-corrected chi connectivity index (χ3v) is 5.03. The van der Waals surface area contributed by atoms with Crippen molar-refractivity contribution in [1.82, 2.24) is 0 Å². The van der Waals surface area contributed by atoms with Gasteiger partial charge in [0, 0.05) is 12.2 Å². The largest absolute Gasteiger partial charge is 0.321 e. The Morgan fingerprint density at radius 3 is 2.50 bits per heavy atom. The molecule has 1 saturated carbocycles. The summed E-state index contributed by atoms with van der Waals surface area (Å²) in [6.07, 6.45) is 2.22. The van der Waals surface area contributed by atoms with E-state index in [1.165, 1.54) is 6.07 Å². The number of halogens is 2. The summed E-state index contributed by atoms with van der Waals surface area (Å²) in [7, 11) is 0. The van der Waals surface area contributed by atoms with Crippen LogP contribution in [0.15, 0.2) is 42.5 Å².